The van der Waals surface area contributed by atoms with Gasteiger partial charge in [0.2, 0.25) is 0 Å². The fraction of sp³-hybridized carbons (Fsp3) is 0.556. The van der Waals surface area contributed by atoms with E-state index in [4.69, 9.17) is 4.52 Å². The average Bonchev–Trinajstić information content (AvgIpc) is 3.31. The Morgan fingerprint density at radius 1 is 1.44 bits per heavy atom. The highest BCUT2D eigenvalue weighted by Crippen LogP contribution is 2.24. The molecule has 1 fully saturated rings. The van der Waals surface area contributed by atoms with E-state index in [0.717, 1.165) is 43.3 Å². The number of guanidine groups is 1. The predicted molar refractivity (Wildman–Crippen MR) is 103 cm³/mol. The maximum absolute atomic E-state index is 5.37. The minimum absolute atomic E-state index is 0.378. The molecule has 3 rings (SSSR count). The molecule has 1 saturated heterocycles. The van der Waals surface area contributed by atoms with E-state index in [2.05, 4.69) is 57.0 Å². The zero-order chi connectivity index (χ0) is 17.6. The van der Waals surface area contributed by atoms with E-state index in [-0.39, 0.29) is 0 Å². The molecule has 0 unspecified atom stereocenters. The van der Waals surface area contributed by atoms with Gasteiger partial charge >= 0.3 is 0 Å². The topological polar surface area (TPSA) is 65.7 Å². The van der Waals surface area contributed by atoms with Crippen LogP contribution in [0, 0.1) is 0 Å². The Morgan fingerprint density at radius 2 is 2.24 bits per heavy atom. The lowest BCUT2D eigenvalue weighted by atomic mass is 10.1. The molecule has 0 amide bonds. The van der Waals surface area contributed by atoms with Crippen LogP contribution in [0.1, 0.15) is 44.1 Å². The van der Waals surface area contributed by atoms with E-state index < -0.39 is 0 Å². The number of piperidine rings is 1. The standard InChI is InChI=1S/C18H27N5OS/c1-13(2)16-11-15(24-22-16)12-20-18(19-3)21-14-6-8-23(9-7-14)17-5-4-10-25-17/h4-5,10-11,13-14H,6-9,12H2,1-3H3,(H2,19,20,21). The van der Waals surface area contributed by atoms with Crippen molar-refractivity contribution in [1.82, 2.24) is 15.8 Å². The minimum atomic E-state index is 0.378. The molecule has 2 aromatic rings. The predicted octanol–water partition coefficient (Wildman–Crippen LogP) is 3.19. The summed E-state index contributed by atoms with van der Waals surface area (Å²) in [5.74, 6) is 2.03. The van der Waals surface area contributed by atoms with Crippen LogP contribution in [0.2, 0.25) is 0 Å². The van der Waals surface area contributed by atoms with Gasteiger partial charge in [-0.3, -0.25) is 4.99 Å². The van der Waals surface area contributed by atoms with Gasteiger partial charge in [0, 0.05) is 32.2 Å². The van der Waals surface area contributed by atoms with Gasteiger partial charge in [-0.25, -0.2) is 0 Å². The number of nitrogens with zero attached hydrogens (tertiary/aromatic N) is 3. The van der Waals surface area contributed by atoms with E-state index in [1.807, 2.05) is 17.4 Å². The lowest BCUT2D eigenvalue weighted by molar-refractivity contribution is 0.371. The molecule has 7 heteroatoms. The molecule has 0 saturated carbocycles. The number of thiophene rings is 1. The molecule has 2 aromatic heterocycles. The number of aromatic nitrogens is 1. The van der Waals surface area contributed by atoms with Crippen LogP contribution in [0.3, 0.4) is 0 Å². The second-order valence-electron chi connectivity index (χ2n) is 6.66. The summed E-state index contributed by atoms with van der Waals surface area (Å²) < 4.78 is 5.37. The maximum Gasteiger partial charge on any atom is 0.191 e. The number of rotatable bonds is 5. The van der Waals surface area contributed by atoms with Crippen molar-refractivity contribution in [2.24, 2.45) is 4.99 Å². The fourth-order valence-electron chi connectivity index (χ4n) is 2.94. The highest BCUT2D eigenvalue weighted by molar-refractivity contribution is 7.14. The van der Waals surface area contributed by atoms with Crippen molar-refractivity contribution in [2.45, 2.75) is 45.2 Å². The summed E-state index contributed by atoms with van der Waals surface area (Å²) >= 11 is 1.81. The summed E-state index contributed by atoms with van der Waals surface area (Å²) in [6.45, 7) is 6.97. The van der Waals surface area contributed by atoms with Crippen molar-refractivity contribution in [3.63, 3.8) is 0 Å². The Labute approximate surface area is 153 Å². The van der Waals surface area contributed by atoms with Crippen molar-refractivity contribution in [3.05, 3.63) is 35.0 Å². The van der Waals surface area contributed by atoms with E-state index in [0.29, 0.717) is 18.5 Å². The zero-order valence-electron chi connectivity index (χ0n) is 15.2. The minimum Gasteiger partial charge on any atom is -0.363 e. The Balaban J connectivity index is 1.45. The molecule has 2 N–H and O–H groups in total. The van der Waals surface area contributed by atoms with Crippen LogP contribution < -0.4 is 15.5 Å². The average molecular weight is 362 g/mol. The van der Waals surface area contributed by atoms with Gasteiger partial charge in [0.15, 0.2) is 11.7 Å². The first-order chi connectivity index (χ1) is 12.2. The van der Waals surface area contributed by atoms with Crippen LogP contribution in [-0.2, 0) is 6.54 Å². The van der Waals surface area contributed by atoms with E-state index in [9.17, 15) is 0 Å². The van der Waals surface area contributed by atoms with Crippen molar-refractivity contribution in [1.29, 1.82) is 0 Å². The lowest BCUT2D eigenvalue weighted by Gasteiger charge is -2.33. The van der Waals surface area contributed by atoms with Crippen molar-refractivity contribution < 1.29 is 4.52 Å². The Kier molecular flexibility index (Phi) is 5.96. The fourth-order valence-corrected chi connectivity index (χ4v) is 3.72. The lowest BCUT2D eigenvalue weighted by Crippen LogP contribution is -2.48. The van der Waals surface area contributed by atoms with Gasteiger partial charge < -0.3 is 20.1 Å². The van der Waals surface area contributed by atoms with Crippen LogP contribution in [0.15, 0.2) is 33.1 Å². The van der Waals surface area contributed by atoms with E-state index in [1.54, 1.807) is 7.05 Å². The Bertz CT molecular complexity index is 671. The molecular weight excluding hydrogens is 334 g/mol. The van der Waals surface area contributed by atoms with E-state index >= 15 is 0 Å². The monoisotopic (exact) mass is 361 g/mol. The number of aliphatic imine (C=N–C) groups is 1. The summed E-state index contributed by atoms with van der Waals surface area (Å²) in [7, 11) is 1.80. The summed E-state index contributed by atoms with van der Waals surface area (Å²) in [6, 6.07) is 6.76. The maximum atomic E-state index is 5.37. The molecule has 6 nitrogen and oxygen atoms in total. The van der Waals surface area contributed by atoms with Crippen molar-refractivity contribution in [3.8, 4) is 0 Å². The molecule has 0 spiro atoms. The summed E-state index contributed by atoms with van der Waals surface area (Å²) in [5, 5.41) is 14.4. The smallest absolute Gasteiger partial charge is 0.191 e. The third kappa shape index (κ3) is 4.75. The number of nitrogens with one attached hydrogen (secondary N) is 2. The summed E-state index contributed by atoms with van der Waals surface area (Å²) in [5.41, 5.74) is 0.987. The Morgan fingerprint density at radius 3 is 2.84 bits per heavy atom. The first-order valence-corrected chi connectivity index (χ1v) is 9.75. The summed E-state index contributed by atoms with van der Waals surface area (Å²) in [6.07, 6.45) is 2.22. The van der Waals surface area contributed by atoms with Gasteiger partial charge in [-0.05, 0) is 36.3 Å². The molecule has 0 atom stereocenters. The third-order valence-corrected chi connectivity index (χ3v) is 5.41. The van der Waals surface area contributed by atoms with Crippen LogP contribution in [0.4, 0.5) is 5.00 Å². The van der Waals surface area contributed by atoms with E-state index in [1.165, 1.54) is 5.00 Å². The Hall–Kier alpha value is -2.02. The third-order valence-electron chi connectivity index (χ3n) is 4.48. The van der Waals surface area contributed by atoms with Crippen LogP contribution >= 0.6 is 11.3 Å². The molecule has 0 radical (unpaired) electrons. The quantitative estimate of drug-likeness (QED) is 0.632. The molecule has 25 heavy (non-hydrogen) atoms. The van der Waals surface area contributed by atoms with Gasteiger partial charge in [0.25, 0.3) is 0 Å². The van der Waals surface area contributed by atoms with Crippen LogP contribution in [0.25, 0.3) is 0 Å². The van der Waals surface area contributed by atoms with Crippen LogP contribution in [0.5, 0.6) is 0 Å². The van der Waals surface area contributed by atoms with Crippen molar-refractivity contribution in [2.75, 3.05) is 25.0 Å². The van der Waals surface area contributed by atoms with Gasteiger partial charge in [0.05, 0.1) is 17.2 Å². The number of hydrogen-bond donors (Lipinski definition) is 2. The molecular formula is C18H27N5OS. The molecule has 0 bridgehead atoms. The van der Waals surface area contributed by atoms with Gasteiger partial charge in [-0.15, -0.1) is 11.3 Å². The largest absolute Gasteiger partial charge is 0.363 e. The zero-order valence-corrected chi connectivity index (χ0v) is 16.0. The second-order valence-corrected chi connectivity index (χ2v) is 7.58. The molecule has 136 valence electrons. The van der Waals surface area contributed by atoms with Crippen molar-refractivity contribution >= 4 is 22.3 Å². The highest BCUT2D eigenvalue weighted by atomic mass is 32.1. The highest BCUT2D eigenvalue weighted by Gasteiger charge is 2.20. The van der Waals surface area contributed by atoms with Crippen LogP contribution in [-0.4, -0.2) is 37.3 Å². The summed E-state index contributed by atoms with van der Waals surface area (Å²) in [4.78, 5) is 6.79. The molecule has 0 aliphatic carbocycles. The SMILES string of the molecule is CN=C(NCc1cc(C(C)C)no1)NC1CCN(c2cccs2)CC1. The first kappa shape index (κ1) is 17.8. The molecule has 0 aromatic carbocycles. The first-order valence-electron chi connectivity index (χ1n) is 8.87. The second kappa shape index (κ2) is 8.38. The molecule has 1 aliphatic rings. The normalized spacial score (nSPS) is 16.5. The van der Waals surface area contributed by atoms with Gasteiger partial charge in [-0.2, -0.15) is 0 Å². The number of hydrogen-bond acceptors (Lipinski definition) is 5. The van der Waals surface area contributed by atoms with Gasteiger partial charge in [-0.1, -0.05) is 19.0 Å². The molecule has 1 aliphatic heterocycles. The molecule has 3 heterocycles. The number of anilines is 1. The van der Waals surface area contributed by atoms with Gasteiger partial charge in [0.1, 0.15) is 0 Å².